The van der Waals surface area contributed by atoms with E-state index in [2.05, 4.69) is 31.2 Å². The third kappa shape index (κ3) is 2.11. The second-order valence-corrected chi connectivity index (χ2v) is 5.30. The van der Waals surface area contributed by atoms with Gasteiger partial charge in [-0.15, -0.1) is 5.10 Å². The van der Waals surface area contributed by atoms with Gasteiger partial charge in [-0.05, 0) is 18.8 Å². The Kier molecular flexibility index (Phi) is 2.62. The van der Waals surface area contributed by atoms with Crippen molar-refractivity contribution in [2.45, 2.75) is 19.4 Å². The molecule has 1 aliphatic rings. The molecule has 5 nitrogen and oxygen atoms in total. The van der Waals surface area contributed by atoms with Crippen LogP contribution >= 0.6 is 0 Å². The topological polar surface area (TPSA) is 59.4 Å². The van der Waals surface area contributed by atoms with Gasteiger partial charge in [0.2, 0.25) is 0 Å². The maximum absolute atomic E-state index is 4.48. The van der Waals surface area contributed by atoms with Crippen LogP contribution < -0.4 is 0 Å². The Balaban J connectivity index is 1.68. The van der Waals surface area contributed by atoms with Crippen molar-refractivity contribution >= 4 is 0 Å². The average molecular weight is 265 g/mol. The SMILES string of the molecule is c1ccc(-c2nn[nH]c2-c2cn(CC3CC3)cn2)cc1. The molecular weight excluding hydrogens is 250 g/mol. The second kappa shape index (κ2) is 4.59. The molecule has 3 aromatic rings. The number of nitrogens with one attached hydrogen (secondary N) is 1. The van der Waals surface area contributed by atoms with Gasteiger partial charge in [0.25, 0.3) is 0 Å². The fourth-order valence-electron chi connectivity index (χ4n) is 2.39. The smallest absolute Gasteiger partial charge is 0.122 e. The lowest BCUT2D eigenvalue weighted by atomic mass is 10.1. The van der Waals surface area contributed by atoms with Gasteiger partial charge in [-0.2, -0.15) is 0 Å². The first kappa shape index (κ1) is 11.4. The van der Waals surface area contributed by atoms with Crippen LogP contribution in [0.1, 0.15) is 12.8 Å². The number of rotatable bonds is 4. The van der Waals surface area contributed by atoms with E-state index in [-0.39, 0.29) is 0 Å². The molecule has 0 radical (unpaired) electrons. The molecule has 0 aliphatic heterocycles. The Morgan fingerprint density at radius 3 is 2.85 bits per heavy atom. The van der Waals surface area contributed by atoms with Crippen molar-refractivity contribution in [2.24, 2.45) is 5.92 Å². The number of benzene rings is 1. The zero-order valence-corrected chi connectivity index (χ0v) is 11.0. The van der Waals surface area contributed by atoms with E-state index in [1.54, 1.807) is 0 Å². The predicted molar refractivity (Wildman–Crippen MR) is 75.8 cm³/mol. The van der Waals surface area contributed by atoms with Crippen molar-refractivity contribution in [3.8, 4) is 22.6 Å². The van der Waals surface area contributed by atoms with E-state index >= 15 is 0 Å². The minimum atomic E-state index is 0.838. The molecule has 4 rings (SSSR count). The predicted octanol–water partition coefficient (Wildman–Crippen LogP) is 2.75. The number of aromatic nitrogens is 5. The summed E-state index contributed by atoms with van der Waals surface area (Å²) in [7, 11) is 0. The van der Waals surface area contributed by atoms with Gasteiger partial charge >= 0.3 is 0 Å². The molecule has 2 aromatic heterocycles. The van der Waals surface area contributed by atoms with Gasteiger partial charge < -0.3 is 4.57 Å². The maximum atomic E-state index is 4.48. The Morgan fingerprint density at radius 1 is 1.20 bits per heavy atom. The highest BCUT2D eigenvalue weighted by Gasteiger charge is 2.22. The van der Waals surface area contributed by atoms with E-state index in [0.29, 0.717) is 0 Å². The number of hydrogen-bond donors (Lipinski definition) is 1. The number of nitrogens with zero attached hydrogens (tertiary/aromatic N) is 4. The highest BCUT2D eigenvalue weighted by Crippen LogP contribution is 2.31. The monoisotopic (exact) mass is 265 g/mol. The standard InChI is InChI=1S/C15H15N5/c1-2-4-12(5-3-1)14-15(18-19-17-14)13-9-20(10-16-13)8-11-6-7-11/h1-5,9-11H,6-8H2,(H,17,18,19). The van der Waals surface area contributed by atoms with E-state index in [4.69, 9.17) is 0 Å². The molecule has 2 heterocycles. The summed E-state index contributed by atoms with van der Waals surface area (Å²) in [4.78, 5) is 4.48. The minimum absolute atomic E-state index is 0.838. The first-order valence-corrected chi connectivity index (χ1v) is 6.89. The summed E-state index contributed by atoms with van der Waals surface area (Å²) in [5.74, 6) is 0.838. The van der Waals surface area contributed by atoms with E-state index in [1.807, 2.05) is 36.7 Å². The summed E-state index contributed by atoms with van der Waals surface area (Å²) in [5, 5.41) is 11.1. The molecule has 1 aliphatic carbocycles. The fraction of sp³-hybridized carbons (Fsp3) is 0.267. The van der Waals surface area contributed by atoms with Gasteiger partial charge in [0.05, 0.1) is 6.33 Å². The molecule has 0 amide bonds. The highest BCUT2D eigenvalue weighted by molar-refractivity contribution is 5.75. The van der Waals surface area contributed by atoms with Gasteiger partial charge in [-0.3, -0.25) is 5.10 Å². The maximum Gasteiger partial charge on any atom is 0.122 e. The molecule has 1 fully saturated rings. The lowest BCUT2D eigenvalue weighted by Crippen LogP contribution is -1.95. The Bertz CT molecular complexity index is 709. The third-order valence-corrected chi connectivity index (χ3v) is 3.65. The van der Waals surface area contributed by atoms with E-state index in [9.17, 15) is 0 Å². The van der Waals surface area contributed by atoms with Crippen LogP contribution in [0.4, 0.5) is 0 Å². The molecule has 1 aromatic carbocycles. The minimum Gasteiger partial charge on any atom is -0.336 e. The van der Waals surface area contributed by atoms with Gasteiger partial charge in [-0.1, -0.05) is 35.5 Å². The van der Waals surface area contributed by atoms with Crippen LogP contribution in [-0.4, -0.2) is 25.0 Å². The molecule has 0 atom stereocenters. The van der Waals surface area contributed by atoms with Gasteiger partial charge in [0.1, 0.15) is 17.1 Å². The van der Waals surface area contributed by atoms with Crippen molar-refractivity contribution in [2.75, 3.05) is 0 Å². The molecule has 0 spiro atoms. The van der Waals surface area contributed by atoms with Crippen LogP contribution in [-0.2, 0) is 6.54 Å². The molecule has 0 unspecified atom stereocenters. The molecule has 20 heavy (non-hydrogen) atoms. The van der Waals surface area contributed by atoms with Crippen LogP contribution in [0.5, 0.6) is 0 Å². The van der Waals surface area contributed by atoms with Crippen molar-refractivity contribution in [1.82, 2.24) is 25.0 Å². The summed E-state index contributed by atoms with van der Waals surface area (Å²) in [5.41, 5.74) is 3.68. The first-order chi connectivity index (χ1) is 9.90. The number of aromatic amines is 1. The summed E-state index contributed by atoms with van der Waals surface area (Å²) in [6.45, 7) is 1.06. The summed E-state index contributed by atoms with van der Waals surface area (Å²) >= 11 is 0. The van der Waals surface area contributed by atoms with Crippen LogP contribution in [0.3, 0.4) is 0 Å². The average Bonchev–Trinajstić information content (AvgIpc) is 2.99. The first-order valence-electron chi connectivity index (χ1n) is 6.89. The van der Waals surface area contributed by atoms with E-state index in [0.717, 1.165) is 35.1 Å². The molecule has 1 saturated carbocycles. The molecule has 100 valence electrons. The normalized spacial score (nSPS) is 14.6. The number of H-pyrrole nitrogens is 1. The van der Waals surface area contributed by atoms with Crippen molar-refractivity contribution < 1.29 is 0 Å². The lowest BCUT2D eigenvalue weighted by molar-refractivity contribution is 0.626. The van der Waals surface area contributed by atoms with Crippen LogP contribution in [0.25, 0.3) is 22.6 Å². The zero-order chi connectivity index (χ0) is 13.4. The number of imidazole rings is 1. The molecule has 0 bridgehead atoms. The number of hydrogen-bond acceptors (Lipinski definition) is 3. The summed E-state index contributed by atoms with van der Waals surface area (Å²) < 4.78 is 2.16. The summed E-state index contributed by atoms with van der Waals surface area (Å²) in [6.07, 6.45) is 6.64. The van der Waals surface area contributed by atoms with E-state index < -0.39 is 0 Å². The van der Waals surface area contributed by atoms with E-state index in [1.165, 1.54) is 12.8 Å². The highest BCUT2D eigenvalue weighted by atomic mass is 15.3. The van der Waals surface area contributed by atoms with Crippen molar-refractivity contribution in [1.29, 1.82) is 0 Å². The zero-order valence-electron chi connectivity index (χ0n) is 11.0. The van der Waals surface area contributed by atoms with Crippen LogP contribution in [0.2, 0.25) is 0 Å². The Hall–Kier alpha value is -2.43. The van der Waals surface area contributed by atoms with Crippen LogP contribution in [0.15, 0.2) is 42.9 Å². The molecule has 5 heteroatoms. The Labute approximate surface area is 116 Å². The fourth-order valence-corrected chi connectivity index (χ4v) is 2.39. The van der Waals surface area contributed by atoms with Crippen molar-refractivity contribution in [3.63, 3.8) is 0 Å². The third-order valence-electron chi connectivity index (χ3n) is 3.65. The van der Waals surface area contributed by atoms with Gasteiger partial charge in [-0.25, -0.2) is 4.98 Å². The molecule has 1 N–H and O–H groups in total. The van der Waals surface area contributed by atoms with Gasteiger partial charge in [0, 0.05) is 18.3 Å². The lowest BCUT2D eigenvalue weighted by Gasteiger charge is -1.99. The second-order valence-electron chi connectivity index (χ2n) is 5.30. The van der Waals surface area contributed by atoms with Crippen molar-refractivity contribution in [3.05, 3.63) is 42.9 Å². The quantitative estimate of drug-likeness (QED) is 0.789. The molecule has 0 saturated heterocycles. The molecular formula is C15H15N5. The van der Waals surface area contributed by atoms with Crippen LogP contribution in [0, 0.1) is 5.92 Å². The Morgan fingerprint density at radius 2 is 2.05 bits per heavy atom. The summed E-state index contributed by atoms with van der Waals surface area (Å²) in [6, 6.07) is 10.1. The van der Waals surface area contributed by atoms with Gasteiger partial charge in [0.15, 0.2) is 0 Å². The largest absolute Gasteiger partial charge is 0.336 e.